The number of alkyl halides is 6. The number of aryl methyl sites for hydroxylation is 1. The molecule has 0 aliphatic heterocycles. The zero-order valence-electron chi connectivity index (χ0n) is 9.39. The molecule has 1 heterocycles. The molecule has 9 heteroatoms. The smallest absolute Gasteiger partial charge is 0.228 e. The van der Waals surface area contributed by atoms with E-state index in [1.807, 2.05) is 6.92 Å². The summed E-state index contributed by atoms with van der Waals surface area (Å²) < 4.78 is 74.4. The van der Waals surface area contributed by atoms with Crippen LogP contribution in [-0.4, -0.2) is 27.3 Å². The maximum Gasteiger partial charge on any atom is 0.427 e. The topological polar surface area (TPSA) is 30.7 Å². The Kier molecular flexibility index (Phi) is 4.23. The SMILES string of the molecule is CCCCc1cn(C(F)(F)C(F)C(F)(F)F)nn1. The average molecular weight is 275 g/mol. The van der Waals surface area contributed by atoms with Gasteiger partial charge in [-0.15, -0.1) is 5.10 Å². The summed E-state index contributed by atoms with van der Waals surface area (Å²) in [4.78, 5) is 0. The number of rotatable bonds is 5. The van der Waals surface area contributed by atoms with E-state index in [2.05, 4.69) is 10.3 Å². The predicted molar refractivity (Wildman–Crippen MR) is 49.8 cm³/mol. The summed E-state index contributed by atoms with van der Waals surface area (Å²) in [5, 5.41) is 6.14. The van der Waals surface area contributed by atoms with Gasteiger partial charge in [0.15, 0.2) is 0 Å². The molecule has 0 bridgehead atoms. The van der Waals surface area contributed by atoms with Crippen molar-refractivity contribution in [1.29, 1.82) is 0 Å². The summed E-state index contributed by atoms with van der Waals surface area (Å²) in [6.07, 6.45) is -7.64. The van der Waals surface area contributed by atoms with Gasteiger partial charge in [-0.25, -0.2) is 4.39 Å². The molecule has 0 aliphatic carbocycles. The summed E-state index contributed by atoms with van der Waals surface area (Å²) in [5.74, 6) is 0. The summed E-state index contributed by atoms with van der Waals surface area (Å²) in [6.45, 7) is 1.85. The molecule has 0 aromatic carbocycles. The number of hydrogen-bond donors (Lipinski definition) is 0. The highest BCUT2D eigenvalue weighted by atomic mass is 19.4. The Morgan fingerprint density at radius 1 is 1.28 bits per heavy atom. The van der Waals surface area contributed by atoms with E-state index in [1.165, 1.54) is 0 Å². The number of halogens is 6. The number of hydrogen-bond acceptors (Lipinski definition) is 2. The third-order valence-corrected chi connectivity index (χ3v) is 2.23. The normalized spacial score (nSPS) is 14.8. The van der Waals surface area contributed by atoms with Crippen molar-refractivity contribution in [2.45, 2.75) is 44.6 Å². The van der Waals surface area contributed by atoms with Crippen LogP contribution in [-0.2, 0) is 12.5 Å². The van der Waals surface area contributed by atoms with Gasteiger partial charge in [0.1, 0.15) is 0 Å². The molecule has 0 N–H and O–H groups in total. The zero-order valence-corrected chi connectivity index (χ0v) is 9.39. The molecule has 0 fully saturated rings. The van der Waals surface area contributed by atoms with Crippen LogP contribution in [0, 0.1) is 0 Å². The molecule has 1 unspecified atom stereocenters. The van der Waals surface area contributed by atoms with Gasteiger partial charge in [0.25, 0.3) is 6.17 Å². The fraction of sp³-hybridized carbons (Fsp3) is 0.778. The molecule has 1 rings (SSSR count). The van der Waals surface area contributed by atoms with Crippen molar-refractivity contribution in [3.63, 3.8) is 0 Å². The Labute approximate surface area is 98.8 Å². The Morgan fingerprint density at radius 2 is 1.89 bits per heavy atom. The molecule has 1 atom stereocenters. The van der Waals surface area contributed by atoms with Crippen LogP contribution in [0.1, 0.15) is 25.5 Å². The second kappa shape index (κ2) is 5.15. The van der Waals surface area contributed by atoms with E-state index in [4.69, 9.17) is 0 Å². The molecular formula is C9H11F6N3. The summed E-state index contributed by atoms with van der Waals surface area (Å²) in [6, 6.07) is -4.80. The third kappa shape index (κ3) is 3.14. The lowest BCUT2D eigenvalue weighted by molar-refractivity contribution is -0.276. The van der Waals surface area contributed by atoms with Crippen LogP contribution >= 0.6 is 0 Å². The van der Waals surface area contributed by atoms with E-state index in [1.54, 1.807) is 0 Å². The molecule has 0 radical (unpaired) electrons. The second-order valence-corrected chi connectivity index (χ2v) is 3.75. The molecule has 1 aromatic rings. The van der Waals surface area contributed by atoms with Gasteiger partial charge in [-0.2, -0.15) is 26.6 Å². The Bertz CT molecular complexity index is 386. The first-order chi connectivity index (χ1) is 8.19. The average Bonchev–Trinajstić information content (AvgIpc) is 2.73. The monoisotopic (exact) mass is 275 g/mol. The van der Waals surface area contributed by atoms with Crippen molar-refractivity contribution < 1.29 is 26.3 Å². The highest BCUT2D eigenvalue weighted by Gasteiger charge is 2.59. The van der Waals surface area contributed by atoms with Crippen LogP contribution in [0.25, 0.3) is 0 Å². The minimum atomic E-state index is -5.65. The van der Waals surface area contributed by atoms with E-state index in [0.717, 1.165) is 6.42 Å². The Morgan fingerprint density at radius 3 is 2.39 bits per heavy atom. The second-order valence-electron chi connectivity index (χ2n) is 3.75. The van der Waals surface area contributed by atoms with Crippen LogP contribution < -0.4 is 0 Å². The molecule has 0 spiro atoms. The van der Waals surface area contributed by atoms with Gasteiger partial charge in [-0.1, -0.05) is 18.6 Å². The fourth-order valence-corrected chi connectivity index (χ4v) is 1.23. The largest absolute Gasteiger partial charge is 0.427 e. The number of unbranched alkanes of at least 4 members (excludes halogenated alkanes) is 1. The van der Waals surface area contributed by atoms with Gasteiger partial charge in [-0.05, 0) is 12.8 Å². The number of aromatic nitrogens is 3. The molecule has 0 saturated heterocycles. The molecule has 104 valence electrons. The van der Waals surface area contributed by atoms with Crippen molar-refractivity contribution in [3.05, 3.63) is 11.9 Å². The van der Waals surface area contributed by atoms with E-state index in [-0.39, 0.29) is 10.4 Å². The van der Waals surface area contributed by atoms with Gasteiger partial charge < -0.3 is 0 Å². The lowest BCUT2D eigenvalue weighted by Gasteiger charge is -2.21. The van der Waals surface area contributed by atoms with E-state index in [9.17, 15) is 26.3 Å². The highest BCUT2D eigenvalue weighted by molar-refractivity contribution is 4.95. The van der Waals surface area contributed by atoms with Crippen LogP contribution in [0.5, 0.6) is 0 Å². The lowest BCUT2D eigenvalue weighted by atomic mass is 10.2. The fourth-order valence-electron chi connectivity index (χ4n) is 1.23. The van der Waals surface area contributed by atoms with Gasteiger partial charge >= 0.3 is 12.2 Å². The van der Waals surface area contributed by atoms with Crippen LogP contribution in [0.15, 0.2) is 6.20 Å². The van der Waals surface area contributed by atoms with E-state index >= 15 is 0 Å². The molecule has 3 nitrogen and oxygen atoms in total. The maximum atomic E-state index is 13.1. The predicted octanol–water partition coefficient (Wildman–Crippen LogP) is 3.07. The van der Waals surface area contributed by atoms with Crippen molar-refractivity contribution in [2.75, 3.05) is 0 Å². The van der Waals surface area contributed by atoms with E-state index in [0.29, 0.717) is 19.0 Å². The first-order valence-corrected chi connectivity index (χ1v) is 5.20. The van der Waals surface area contributed by atoms with Gasteiger partial charge in [-0.3, -0.25) is 0 Å². The molecule has 18 heavy (non-hydrogen) atoms. The van der Waals surface area contributed by atoms with Crippen molar-refractivity contribution in [1.82, 2.24) is 15.0 Å². The molecular weight excluding hydrogens is 264 g/mol. The summed E-state index contributed by atoms with van der Waals surface area (Å²) >= 11 is 0. The first kappa shape index (κ1) is 14.8. The summed E-state index contributed by atoms with van der Waals surface area (Å²) in [5.41, 5.74) is 0.103. The van der Waals surface area contributed by atoms with Crippen LogP contribution in [0.3, 0.4) is 0 Å². The molecule has 1 aromatic heterocycles. The van der Waals surface area contributed by atoms with Gasteiger partial charge in [0.05, 0.1) is 11.9 Å². The van der Waals surface area contributed by atoms with Crippen molar-refractivity contribution >= 4 is 0 Å². The zero-order chi connectivity index (χ0) is 14.0. The standard InChI is InChI=1S/C9H11F6N3/c1-2-3-4-6-5-18(17-16-6)9(14,15)7(10)8(11,12)13/h5,7H,2-4H2,1H3. The third-order valence-electron chi connectivity index (χ3n) is 2.23. The minimum Gasteiger partial charge on any atom is -0.228 e. The Balaban J connectivity index is 2.88. The quantitative estimate of drug-likeness (QED) is 0.773. The first-order valence-electron chi connectivity index (χ1n) is 5.20. The molecule has 0 amide bonds. The Hall–Kier alpha value is -1.28. The van der Waals surface area contributed by atoms with Gasteiger partial charge in [0, 0.05) is 0 Å². The van der Waals surface area contributed by atoms with Crippen molar-refractivity contribution in [3.8, 4) is 0 Å². The van der Waals surface area contributed by atoms with Gasteiger partial charge in [0.2, 0.25) is 0 Å². The molecule has 0 aliphatic rings. The summed E-state index contributed by atoms with van der Waals surface area (Å²) in [7, 11) is 0. The van der Waals surface area contributed by atoms with Crippen LogP contribution in [0.2, 0.25) is 0 Å². The minimum absolute atomic E-state index is 0.103. The van der Waals surface area contributed by atoms with E-state index < -0.39 is 18.4 Å². The van der Waals surface area contributed by atoms with Crippen molar-refractivity contribution in [2.24, 2.45) is 0 Å². The molecule has 0 saturated carbocycles. The maximum absolute atomic E-state index is 13.1. The highest BCUT2D eigenvalue weighted by Crippen LogP contribution is 2.37. The van der Waals surface area contributed by atoms with Crippen LogP contribution in [0.4, 0.5) is 26.3 Å². The number of nitrogens with zero attached hydrogens (tertiary/aromatic N) is 3. The lowest BCUT2D eigenvalue weighted by Crippen LogP contribution is -2.44.